The summed E-state index contributed by atoms with van der Waals surface area (Å²) in [5.74, 6) is -0.585. The van der Waals surface area contributed by atoms with E-state index in [4.69, 9.17) is 32.7 Å². The molecule has 0 aliphatic carbocycles. The number of anilines is 1. The number of pyridine rings is 1. The van der Waals surface area contributed by atoms with Crippen LogP contribution in [0.5, 0.6) is 11.6 Å². The van der Waals surface area contributed by atoms with Crippen molar-refractivity contribution in [1.29, 1.82) is 0 Å². The van der Waals surface area contributed by atoms with E-state index in [0.717, 1.165) is 32.7 Å². The molecule has 1 atom stereocenters. The molecule has 196 valence electrons. The molecule has 0 spiro atoms. The van der Waals surface area contributed by atoms with Crippen LogP contribution in [0.25, 0.3) is 0 Å². The maximum Gasteiger partial charge on any atom is 0.261 e. The molecule has 2 aromatic carbocycles. The summed E-state index contributed by atoms with van der Waals surface area (Å²) < 4.78 is 25.2. The predicted octanol–water partition coefficient (Wildman–Crippen LogP) is 5.68. The largest absolute Gasteiger partial charge is 0.484 e. The van der Waals surface area contributed by atoms with Gasteiger partial charge in [0.15, 0.2) is 0 Å². The number of hydrogen-bond acceptors (Lipinski definition) is 6. The zero-order valence-electron chi connectivity index (χ0n) is 20.9. The average molecular weight is 547 g/mol. The van der Waals surface area contributed by atoms with Gasteiger partial charge in [-0.3, -0.25) is 9.69 Å². The lowest BCUT2D eigenvalue weighted by atomic mass is 10.1. The number of likely N-dealkylation sites (N-methyl/N-ethyl adjacent to an activating group) is 1. The van der Waals surface area contributed by atoms with Crippen molar-refractivity contribution in [3.05, 3.63) is 81.2 Å². The third-order valence-corrected chi connectivity index (χ3v) is 6.99. The molecule has 3 aromatic rings. The zero-order chi connectivity index (χ0) is 26.5. The van der Waals surface area contributed by atoms with Gasteiger partial charge in [-0.15, -0.1) is 0 Å². The topological polar surface area (TPSA) is 66.9 Å². The van der Waals surface area contributed by atoms with E-state index in [-0.39, 0.29) is 27.2 Å². The van der Waals surface area contributed by atoms with Crippen LogP contribution in [-0.2, 0) is 6.54 Å². The number of rotatable bonds is 8. The van der Waals surface area contributed by atoms with E-state index in [9.17, 15) is 9.18 Å². The van der Waals surface area contributed by atoms with Crippen molar-refractivity contribution in [2.75, 3.05) is 45.7 Å². The molecule has 2 heterocycles. The van der Waals surface area contributed by atoms with Crippen LogP contribution in [0.4, 0.5) is 10.1 Å². The molecule has 1 N–H and O–H groups in total. The Hall–Kier alpha value is -2.91. The maximum atomic E-state index is 14.0. The molecule has 7 nitrogen and oxygen atoms in total. The highest BCUT2D eigenvalue weighted by Crippen LogP contribution is 2.35. The van der Waals surface area contributed by atoms with E-state index in [1.54, 1.807) is 6.92 Å². The Kier molecular flexibility index (Phi) is 8.87. The molecule has 0 saturated carbocycles. The molecule has 1 aliphatic rings. The number of carbonyl (C=O) groups excluding carboxylic acids is 1. The molecule has 1 aromatic heterocycles. The van der Waals surface area contributed by atoms with Crippen molar-refractivity contribution >= 4 is 34.8 Å². The minimum atomic E-state index is -0.699. The molecule has 0 unspecified atom stereocenters. The summed E-state index contributed by atoms with van der Waals surface area (Å²) in [6, 6.07) is 11.9. The molecule has 10 heteroatoms. The fourth-order valence-corrected chi connectivity index (χ4v) is 4.84. The van der Waals surface area contributed by atoms with Crippen LogP contribution in [0, 0.1) is 5.82 Å². The predicted molar refractivity (Wildman–Crippen MR) is 143 cm³/mol. The number of methoxy groups -OCH3 is 1. The number of hydrogen-bond donors (Lipinski definition) is 1. The second-order valence-corrected chi connectivity index (χ2v) is 9.76. The lowest BCUT2D eigenvalue weighted by Crippen LogP contribution is -2.43. The number of halogens is 3. The minimum Gasteiger partial charge on any atom is -0.484 e. The molecule has 1 aliphatic heterocycles. The Morgan fingerprint density at radius 3 is 2.51 bits per heavy atom. The number of nitrogens with zero attached hydrogens (tertiary/aromatic N) is 3. The van der Waals surface area contributed by atoms with Gasteiger partial charge >= 0.3 is 0 Å². The third-order valence-electron chi connectivity index (χ3n) is 6.28. The number of carbonyl (C=O) groups is 1. The van der Waals surface area contributed by atoms with Crippen molar-refractivity contribution in [3.8, 4) is 11.6 Å². The van der Waals surface area contributed by atoms with Gasteiger partial charge in [0.1, 0.15) is 23.2 Å². The van der Waals surface area contributed by atoms with Gasteiger partial charge < -0.3 is 19.7 Å². The molecule has 0 radical (unpaired) electrons. The minimum absolute atomic E-state index is 0.115. The average Bonchev–Trinajstić information content (AvgIpc) is 2.89. The number of amides is 1. The summed E-state index contributed by atoms with van der Waals surface area (Å²) in [6.07, 6.45) is 0.718. The summed E-state index contributed by atoms with van der Waals surface area (Å²) in [4.78, 5) is 22.0. The van der Waals surface area contributed by atoms with Crippen LogP contribution in [0.3, 0.4) is 0 Å². The Balaban J connectivity index is 1.45. The van der Waals surface area contributed by atoms with Gasteiger partial charge in [0.05, 0.1) is 18.3 Å². The first-order valence-corrected chi connectivity index (χ1v) is 12.7. The van der Waals surface area contributed by atoms with Crippen LogP contribution < -0.4 is 14.8 Å². The molecule has 37 heavy (non-hydrogen) atoms. The third kappa shape index (κ3) is 6.70. The standard InChI is InChI=1S/C27H29Cl2FN4O3/c1-17(24-22(28)8-9-23(30)25(24)29)37-20-14-21(27(36-3)31-15-20)26(35)32-19-6-4-18(5-7-19)16-34-12-10-33(2)11-13-34/h4-9,14-15,17H,10-13,16H2,1-3H3,(H,32,35)/t17-/m1/s1. The summed E-state index contributed by atoms with van der Waals surface area (Å²) in [5.41, 5.74) is 2.32. The Morgan fingerprint density at radius 2 is 1.84 bits per heavy atom. The summed E-state index contributed by atoms with van der Waals surface area (Å²) in [6.45, 7) is 6.76. The molecule has 1 fully saturated rings. The zero-order valence-corrected chi connectivity index (χ0v) is 22.4. The number of nitrogens with one attached hydrogen (secondary N) is 1. The second kappa shape index (κ2) is 12.1. The number of ether oxygens (including phenoxy) is 2. The lowest BCUT2D eigenvalue weighted by Gasteiger charge is -2.32. The molecule has 0 bridgehead atoms. The van der Waals surface area contributed by atoms with Gasteiger partial charge in [-0.2, -0.15) is 0 Å². The van der Waals surface area contributed by atoms with Gasteiger partial charge in [-0.25, -0.2) is 9.37 Å². The van der Waals surface area contributed by atoms with E-state index in [2.05, 4.69) is 27.1 Å². The van der Waals surface area contributed by atoms with Gasteiger partial charge in [0, 0.05) is 49.0 Å². The van der Waals surface area contributed by atoms with E-state index in [0.29, 0.717) is 11.3 Å². The number of piperazine rings is 1. The maximum absolute atomic E-state index is 14.0. The Morgan fingerprint density at radius 1 is 1.14 bits per heavy atom. The van der Waals surface area contributed by atoms with E-state index < -0.39 is 17.8 Å². The molecule has 1 amide bonds. The van der Waals surface area contributed by atoms with Crippen LogP contribution in [-0.4, -0.2) is 61.0 Å². The summed E-state index contributed by atoms with van der Waals surface area (Å²) >= 11 is 12.3. The second-order valence-electron chi connectivity index (χ2n) is 8.98. The number of aromatic nitrogens is 1. The summed E-state index contributed by atoms with van der Waals surface area (Å²) in [5, 5.41) is 3.04. The van der Waals surface area contributed by atoms with Gasteiger partial charge in [-0.1, -0.05) is 35.3 Å². The van der Waals surface area contributed by atoms with Crippen molar-refractivity contribution in [3.63, 3.8) is 0 Å². The van der Waals surface area contributed by atoms with Crippen LogP contribution in [0.15, 0.2) is 48.7 Å². The molecular formula is C27H29Cl2FN4O3. The van der Waals surface area contributed by atoms with Gasteiger partial charge in [0.25, 0.3) is 5.91 Å². The van der Waals surface area contributed by atoms with Crippen molar-refractivity contribution in [2.45, 2.75) is 19.6 Å². The SMILES string of the molecule is COc1ncc(O[C@H](C)c2c(Cl)ccc(F)c2Cl)cc1C(=O)Nc1ccc(CN2CCN(C)CC2)cc1. The summed E-state index contributed by atoms with van der Waals surface area (Å²) in [7, 11) is 3.57. The van der Waals surface area contributed by atoms with E-state index in [1.807, 2.05) is 24.3 Å². The normalized spacial score (nSPS) is 15.3. The highest BCUT2D eigenvalue weighted by atomic mass is 35.5. The van der Waals surface area contributed by atoms with Crippen LogP contribution in [0.2, 0.25) is 10.0 Å². The highest BCUT2D eigenvalue weighted by molar-refractivity contribution is 6.36. The smallest absolute Gasteiger partial charge is 0.261 e. The van der Waals surface area contributed by atoms with Crippen molar-refractivity contribution in [1.82, 2.24) is 14.8 Å². The van der Waals surface area contributed by atoms with Gasteiger partial charge in [-0.05, 0) is 49.9 Å². The first-order chi connectivity index (χ1) is 17.7. The first kappa shape index (κ1) is 27.1. The molecule has 1 saturated heterocycles. The van der Waals surface area contributed by atoms with Gasteiger partial charge in [0.2, 0.25) is 5.88 Å². The Labute approximate surface area is 226 Å². The first-order valence-electron chi connectivity index (χ1n) is 11.9. The fourth-order valence-electron chi connectivity index (χ4n) is 4.16. The Bertz CT molecular complexity index is 1250. The molecular weight excluding hydrogens is 518 g/mol. The van der Waals surface area contributed by atoms with Crippen molar-refractivity contribution < 1.29 is 18.7 Å². The number of benzene rings is 2. The highest BCUT2D eigenvalue weighted by Gasteiger charge is 2.21. The van der Waals surface area contributed by atoms with Crippen LogP contribution >= 0.6 is 23.2 Å². The lowest BCUT2D eigenvalue weighted by molar-refractivity contribution is 0.102. The van der Waals surface area contributed by atoms with Crippen LogP contribution in [0.1, 0.15) is 34.5 Å². The quantitative estimate of drug-likeness (QED) is 0.367. The fraction of sp³-hybridized carbons (Fsp3) is 0.333. The van der Waals surface area contributed by atoms with Crippen molar-refractivity contribution in [2.24, 2.45) is 0 Å². The molecule has 4 rings (SSSR count). The monoisotopic (exact) mass is 546 g/mol. The van der Waals surface area contributed by atoms with E-state index in [1.165, 1.54) is 37.1 Å². The van der Waals surface area contributed by atoms with E-state index >= 15 is 0 Å².